The van der Waals surface area contributed by atoms with Crippen LogP contribution in [-0.2, 0) is 6.54 Å². The smallest absolute Gasteiger partial charge is 0.289 e. The summed E-state index contributed by atoms with van der Waals surface area (Å²) in [5.41, 5.74) is -0.121. The van der Waals surface area contributed by atoms with Gasteiger partial charge in [0.25, 0.3) is 0 Å². The Bertz CT molecular complexity index is 394. The predicted octanol–water partition coefficient (Wildman–Crippen LogP) is 3.57. The van der Waals surface area contributed by atoms with Crippen molar-refractivity contribution in [1.82, 2.24) is 4.90 Å². The zero-order valence-electron chi connectivity index (χ0n) is 9.28. The Labute approximate surface area is 106 Å². The molecule has 1 rings (SSSR count). The van der Waals surface area contributed by atoms with Crippen molar-refractivity contribution in [2.24, 2.45) is 0 Å². The Kier molecular flexibility index (Phi) is 5.34. The summed E-state index contributed by atoms with van der Waals surface area (Å²) in [6, 6.07) is 3.41. The highest BCUT2D eigenvalue weighted by atomic mass is 35.5. The molecule has 102 valence electrons. The van der Waals surface area contributed by atoms with Crippen LogP contribution in [0.25, 0.3) is 0 Å². The molecule has 0 N–H and O–H groups in total. The van der Waals surface area contributed by atoms with E-state index in [0.717, 1.165) is 11.0 Å². The Morgan fingerprint density at radius 1 is 1.17 bits per heavy atom. The van der Waals surface area contributed by atoms with Gasteiger partial charge >= 0.3 is 6.18 Å². The molecule has 0 aliphatic carbocycles. The van der Waals surface area contributed by atoms with Crippen LogP contribution < -0.4 is 0 Å². The van der Waals surface area contributed by atoms with Crippen molar-refractivity contribution >= 4 is 11.6 Å². The average Bonchev–Trinajstić information content (AvgIpc) is 2.23. The van der Waals surface area contributed by atoms with Gasteiger partial charge in [-0.3, -0.25) is 4.90 Å². The summed E-state index contributed by atoms with van der Waals surface area (Å²) in [7, 11) is 0. The van der Waals surface area contributed by atoms with Crippen molar-refractivity contribution in [1.29, 1.82) is 0 Å². The fourth-order valence-corrected chi connectivity index (χ4v) is 1.74. The van der Waals surface area contributed by atoms with Gasteiger partial charge in [0.05, 0.1) is 6.54 Å². The molecule has 1 aromatic rings. The van der Waals surface area contributed by atoms with Crippen LogP contribution in [0.3, 0.4) is 0 Å². The molecule has 0 aliphatic rings. The quantitative estimate of drug-likeness (QED) is 0.591. The van der Waals surface area contributed by atoms with Crippen molar-refractivity contribution < 1.29 is 22.0 Å². The second-order valence-corrected chi connectivity index (χ2v) is 4.11. The number of hydrogen-bond acceptors (Lipinski definition) is 1. The first kappa shape index (κ1) is 15.2. The molecular weight excluding hydrogens is 277 g/mol. The van der Waals surface area contributed by atoms with E-state index in [0.29, 0.717) is 0 Å². The molecule has 0 spiro atoms. The van der Waals surface area contributed by atoms with E-state index in [2.05, 4.69) is 0 Å². The maximum Gasteiger partial charge on any atom is 0.401 e. The van der Waals surface area contributed by atoms with Gasteiger partial charge in [0.1, 0.15) is 0 Å². The van der Waals surface area contributed by atoms with Crippen LogP contribution in [0.2, 0.25) is 0 Å². The molecule has 0 saturated carbocycles. The predicted molar refractivity (Wildman–Crippen MR) is 58.4 cm³/mol. The van der Waals surface area contributed by atoms with Gasteiger partial charge in [0.15, 0.2) is 11.6 Å². The van der Waals surface area contributed by atoms with Gasteiger partial charge in [-0.05, 0) is 6.07 Å². The molecule has 0 saturated heterocycles. The number of rotatable bonds is 5. The number of hydrogen-bond donors (Lipinski definition) is 0. The van der Waals surface area contributed by atoms with Gasteiger partial charge in [-0.25, -0.2) is 8.78 Å². The Morgan fingerprint density at radius 2 is 1.83 bits per heavy atom. The van der Waals surface area contributed by atoms with Gasteiger partial charge in [-0.2, -0.15) is 13.2 Å². The molecule has 0 unspecified atom stereocenters. The van der Waals surface area contributed by atoms with Crippen LogP contribution >= 0.6 is 11.6 Å². The summed E-state index contributed by atoms with van der Waals surface area (Å²) in [4.78, 5) is 0.921. The second-order valence-electron chi connectivity index (χ2n) is 3.73. The Balaban J connectivity index is 2.80. The van der Waals surface area contributed by atoms with Crippen LogP contribution in [0.1, 0.15) is 5.56 Å². The van der Waals surface area contributed by atoms with Crippen molar-refractivity contribution in [3.63, 3.8) is 0 Å². The second kappa shape index (κ2) is 6.33. The third-order valence-electron chi connectivity index (χ3n) is 2.23. The first-order chi connectivity index (χ1) is 8.33. The Morgan fingerprint density at radius 3 is 2.39 bits per heavy atom. The van der Waals surface area contributed by atoms with E-state index in [9.17, 15) is 22.0 Å². The van der Waals surface area contributed by atoms with E-state index in [1.165, 1.54) is 12.1 Å². The monoisotopic (exact) mass is 287 g/mol. The van der Waals surface area contributed by atoms with Crippen molar-refractivity contribution in [2.75, 3.05) is 19.0 Å². The zero-order chi connectivity index (χ0) is 13.8. The molecule has 7 heteroatoms. The van der Waals surface area contributed by atoms with Crippen LogP contribution in [0.15, 0.2) is 18.2 Å². The zero-order valence-corrected chi connectivity index (χ0v) is 10.0. The standard InChI is InChI=1S/C11H11ClF5N/c12-4-5-18(7-11(15,16)17)6-8-2-1-3-9(13)10(8)14/h1-3H,4-7H2. The molecule has 0 fully saturated rings. The van der Waals surface area contributed by atoms with E-state index in [4.69, 9.17) is 11.6 Å². The molecule has 18 heavy (non-hydrogen) atoms. The summed E-state index contributed by atoms with van der Waals surface area (Å²) in [6.07, 6.45) is -4.41. The number of benzene rings is 1. The first-order valence-electron chi connectivity index (χ1n) is 5.11. The largest absolute Gasteiger partial charge is 0.401 e. The van der Waals surface area contributed by atoms with E-state index >= 15 is 0 Å². The van der Waals surface area contributed by atoms with Gasteiger partial charge in [-0.1, -0.05) is 12.1 Å². The lowest BCUT2D eigenvalue weighted by Crippen LogP contribution is -2.35. The highest BCUT2D eigenvalue weighted by molar-refractivity contribution is 6.18. The molecule has 0 amide bonds. The van der Waals surface area contributed by atoms with E-state index < -0.39 is 24.4 Å². The molecule has 0 atom stereocenters. The minimum absolute atomic E-state index is 0.0208. The summed E-state index contributed by atoms with van der Waals surface area (Å²) in [6.45, 7) is -1.61. The van der Waals surface area contributed by atoms with Crippen LogP contribution in [-0.4, -0.2) is 30.0 Å². The summed E-state index contributed by atoms with van der Waals surface area (Å²) < 4.78 is 63.0. The fourth-order valence-electron chi connectivity index (χ4n) is 1.50. The maximum atomic E-state index is 13.3. The lowest BCUT2D eigenvalue weighted by atomic mass is 10.2. The van der Waals surface area contributed by atoms with E-state index in [-0.39, 0.29) is 24.5 Å². The normalized spacial score (nSPS) is 12.2. The van der Waals surface area contributed by atoms with Crippen molar-refractivity contribution in [3.05, 3.63) is 35.4 Å². The summed E-state index contributed by atoms with van der Waals surface area (Å²) in [5.74, 6) is -2.22. The molecule has 0 bridgehead atoms. The molecule has 0 heterocycles. The third-order valence-corrected chi connectivity index (χ3v) is 2.40. The molecule has 1 nitrogen and oxygen atoms in total. The molecule has 0 radical (unpaired) electrons. The molecule has 0 aromatic heterocycles. The highest BCUT2D eigenvalue weighted by Gasteiger charge is 2.30. The SMILES string of the molecule is Fc1cccc(CN(CCCl)CC(F)(F)F)c1F. The lowest BCUT2D eigenvalue weighted by molar-refractivity contribution is -0.146. The summed E-state index contributed by atoms with van der Waals surface area (Å²) in [5, 5.41) is 0. The van der Waals surface area contributed by atoms with Crippen molar-refractivity contribution in [3.8, 4) is 0 Å². The van der Waals surface area contributed by atoms with Crippen LogP contribution in [0, 0.1) is 11.6 Å². The Hall–Kier alpha value is -0.880. The third kappa shape index (κ3) is 4.78. The highest BCUT2D eigenvalue weighted by Crippen LogP contribution is 2.19. The minimum atomic E-state index is -4.41. The topological polar surface area (TPSA) is 3.24 Å². The van der Waals surface area contributed by atoms with Crippen LogP contribution in [0.5, 0.6) is 0 Å². The first-order valence-corrected chi connectivity index (χ1v) is 5.65. The van der Waals surface area contributed by atoms with Gasteiger partial charge in [-0.15, -0.1) is 11.6 Å². The summed E-state index contributed by atoms with van der Waals surface area (Å²) >= 11 is 5.39. The van der Waals surface area contributed by atoms with Gasteiger partial charge in [0.2, 0.25) is 0 Å². The van der Waals surface area contributed by atoms with Crippen LogP contribution in [0.4, 0.5) is 22.0 Å². The van der Waals surface area contributed by atoms with E-state index in [1.54, 1.807) is 0 Å². The molecule has 1 aromatic carbocycles. The number of nitrogens with zero attached hydrogens (tertiary/aromatic N) is 1. The van der Waals surface area contributed by atoms with Gasteiger partial charge in [0, 0.05) is 24.5 Å². The fraction of sp³-hybridized carbons (Fsp3) is 0.455. The number of halogens is 6. The minimum Gasteiger partial charge on any atom is -0.289 e. The number of alkyl halides is 4. The van der Waals surface area contributed by atoms with Crippen molar-refractivity contribution in [2.45, 2.75) is 12.7 Å². The molecule has 0 aliphatic heterocycles. The van der Waals surface area contributed by atoms with E-state index in [1.807, 2.05) is 0 Å². The van der Waals surface area contributed by atoms with Gasteiger partial charge < -0.3 is 0 Å². The average molecular weight is 288 g/mol. The molecular formula is C11H11ClF5N. The maximum absolute atomic E-state index is 13.3. The lowest BCUT2D eigenvalue weighted by Gasteiger charge is -2.22.